The van der Waals surface area contributed by atoms with Gasteiger partial charge < -0.3 is 25.0 Å². The fourth-order valence-corrected chi connectivity index (χ4v) is 3.83. The van der Waals surface area contributed by atoms with E-state index in [0.29, 0.717) is 12.8 Å². The van der Waals surface area contributed by atoms with Crippen molar-refractivity contribution in [2.24, 2.45) is 11.8 Å². The van der Waals surface area contributed by atoms with Gasteiger partial charge in [0.2, 0.25) is 0 Å². The first-order valence-corrected chi connectivity index (χ1v) is 11.6. The van der Waals surface area contributed by atoms with E-state index in [1.165, 1.54) is 0 Å². The summed E-state index contributed by atoms with van der Waals surface area (Å²) < 4.78 is 11.0. The Balaban J connectivity index is 2.10. The molecular formula is C27H37NO6. The second kappa shape index (κ2) is 13.1. The van der Waals surface area contributed by atoms with Crippen LogP contribution in [0.15, 0.2) is 60.7 Å². The van der Waals surface area contributed by atoms with E-state index in [1.54, 1.807) is 27.7 Å². The smallest absolute Gasteiger partial charge is 0.408 e. The lowest BCUT2D eigenvalue weighted by Gasteiger charge is -2.30. The maximum Gasteiger partial charge on any atom is 0.408 e. The van der Waals surface area contributed by atoms with Gasteiger partial charge in [0.1, 0.15) is 5.60 Å². The highest BCUT2D eigenvalue weighted by Crippen LogP contribution is 2.26. The summed E-state index contributed by atoms with van der Waals surface area (Å²) in [4.78, 5) is 23.7. The molecule has 7 heteroatoms. The molecule has 1 amide bonds. The van der Waals surface area contributed by atoms with Crippen LogP contribution < -0.4 is 5.32 Å². The summed E-state index contributed by atoms with van der Waals surface area (Å²) >= 11 is 0. The van der Waals surface area contributed by atoms with Crippen molar-refractivity contribution in [3.05, 3.63) is 71.8 Å². The number of carbonyl (C=O) groups is 2. The number of hydrogen-bond acceptors (Lipinski definition) is 5. The van der Waals surface area contributed by atoms with Crippen molar-refractivity contribution >= 4 is 12.1 Å². The number of aliphatic hydroxyl groups is 1. The van der Waals surface area contributed by atoms with Crippen molar-refractivity contribution in [1.29, 1.82) is 0 Å². The van der Waals surface area contributed by atoms with E-state index in [2.05, 4.69) is 5.32 Å². The molecule has 7 nitrogen and oxygen atoms in total. The van der Waals surface area contributed by atoms with E-state index in [9.17, 15) is 19.8 Å². The Bertz CT molecular complexity index is 879. The monoisotopic (exact) mass is 471 g/mol. The van der Waals surface area contributed by atoms with Crippen LogP contribution in [0.1, 0.15) is 38.8 Å². The third-order valence-electron chi connectivity index (χ3n) is 5.49. The first-order valence-electron chi connectivity index (χ1n) is 11.6. The number of hydrogen-bond donors (Lipinski definition) is 3. The molecule has 2 aromatic carbocycles. The quantitative estimate of drug-likeness (QED) is 0.431. The van der Waals surface area contributed by atoms with E-state index in [-0.39, 0.29) is 25.0 Å². The zero-order valence-electron chi connectivity index (χ0n) is 20.4. The van der Waals surface area contributed by atoms with Crippen LogP contribution in [0.5, 0.6) is 0 Å². The van der Waals surface area contributed by atoms with E-state index in [0.717, 1.165) is 11.1 Å². The molecule has 34 heavy (non-hydrogen) atoms. The largest absolute Gasteiger partial charge is 0.480 e. The molecule has 0 aliphatic carbocycles. The molecule has 0 saturated heterocycles. The van der Waals surface area contributed by atoms with E-state index in [4.69, 9.17) is 9.47 Å². The molecular weight excluding hydrogens is 434 g/mol. The van der Waals surface area contributed by atoms with Gasteiger partial charge in [-0.15, -0.1) is 0 Å². The SMILES string of the molecule is C[C@H](O)[C@H](Cc1ccccc1)[C@H](COC[C@H](NC(=O)OC(C)(C)C)C(=O)O)Cc1ccccc1. The van der Waals surface area contributed by atoms with Crippen molar-refractivity contribution < 1.29 is 29.3 Å². The van der Waals surface area contributed by atoms with Gasteiger partial charge in [-0.2, -0.15) is 0 Å². The zero-order valence-corrected chi connectivity index (χ0v) is 20.4. The molecule has 0 heterocycles. The number of amides is 1. The van der Waals surface area contributed by atoms with Crippen molar-refractivity contribution in [2.75, 3.05) is 13.2 Å². The van der Waals surface area contributed by atoms with E-state index < -0.39 is 29.8 Å². The first-order chi connectivity index (χ1) is 16.0. The van der Waals surface area contributed by atoms with Gasteiger partial charge >= 0.3 is 12.1 Å². The maximum absolute atomic E-state index is 12.0. The van der Waals surface area contributed by atoms with Crippen LogP contribution in [0.2, 0.25) is 0 Å². The number of rotatable bonds is 12. The number of ether oxygens (including phenoxy) is 2. The lowest BCUT2D eigenvalue weighted by atomic mass is 9.80. The first kappa shape index (κ1) is 27.3. The summed E-state index contributed by atoms with van der Waals surface area (Å²) in [5.41, 5.74) is 1.48. The van der Waals surface area contributed by atoms with Crippen LogP contribution in [0.25, 0.3) is 0 Å². The molecule has 2 aromatic rings. The second-order valence-corrected chi connectivity index (χ2v) is 9.62. The number of carboxylic acid groups (broad SMARTS) is 1. The average Bonchev–Trinajstić information content (AvgIpc) is 2.76. The average molecular weight is 472 g/mol. The molecule has 0 aromatic heterocycles. The third kappa shape index (κ3) is 9.93. The molecule has 2 rings (SSSR count). The standard InChI is InChI=1S/C27H37NO6/c1-19(29)23(16-21-13-9-6-10-14-21)22(15-20-11-7-5-8-12-20)17-33-18-24(25(30)31)28-26(32)34-27(2,3)4/h5-14,19,22-24,29H,15-18H2,1-4H3,(H,28,32)(H,30,31)/t19-,22-,23-,24-/m0/s1. The Morgan fingerprint density at radius 3 is 1.91 bits per heavy atom. The van der Waals surface area contributed by atoms with Gasteiger partial charge in [0.25, 0.3) is 0 Å². The van der Waals surface area contributed by atoms with Crippen LogP contribution >= 0.6 is 0 Å². The maximum atomic E-state index is 12.0. The fourth-order valence-electron chi connectivity index (χ4n) is 3.83. The summed E-state index contributed by atoms with van der Waals surface area (Å²) in [6.45, 7) is 6.91. The van der Waals surface area contributed by atoms with Crippen LogP contribution in [0.4, 0.5) is 4.79 Å². The lowest BCUT2D eigenvalue weighted by Crippen LogP contribution is -2.46. The van der Waals surface area contributed by atoms with E-state index in [1.807, 2.05) is 60.7 Å². The van der Waals surface area contributed by atoms with Crippen LogP contribution in [-0.2, 0) is 27.1 Å². The molecule has 0 spiro atoms. The number of aliphatic hydroxyl groups excluding tert-OH is 1. The summed E-state index contributed by atoms with van der Waals surface area (Å²) in [7, 11) is 0. The molecule has 0 unspecified atom stereocenters. The molecule has 4 atom stereocenters. The van der Waals surface area contributed by atoms with Gasteiger partial charge in [0, 0.05) is 0 Å². The topological polar surface area (TPSA) is 105 Å². The summed E-state index contributed by atoms with van der Waals surface area (Å²) in [6, 6.07) is 18.6. The molecule has 0 bridgehead atoms. The third-order valence-corrected chi connectivity index (χ3v) is 5.49. The van der Waals surface area contributed by atoms with Gasteiger partial charge in [-0.1, -0.05) is 60.7 Å². The van der Waals surface area contributed by atoms with Crippen molar-refractivity contribution in [3.8, 4) is 0 Å². The van der Waals surface area contributed by atoms with Crippen molar-refractivity contribution in [1.82, 2.24) is 5.32 Å². The predicted molar refractivity (Wildman–Crippen MR) is 131 cm³/mol. The molecule has 3 N–H and O–H groups in total. The Morgan fingerprint density at radius 2 is 1.44 bits per heavy atom. The minimum absolute atomic E-state index is 0.0708. The number of aliphatic carboxylic acids is 1. The number of carboxylic acids is 1. The van der Waals surface area contributed by atoms with Crippen LogP contribution in [0, 0.1) is 11.8 Å². The summed E-state index contributed by atoms with van der Waals surface area (Å²) in [5, 5.41) is 22.5. The summed E-state index contributed by atoms with van der Waals surface area (Å²) in [6.07, 6.45) is -0.0683. The Kier molecular flexibility index (Phi) is 10.5. The summed E-state index contributed by atoms with van der Waals surface area (Å²) in [5.74, 6) is -1.38. The Labute approximate surface area is 202 Å². The lowest BCUT2D eigenvalue weighted by molar-refractivity contribution is -0.141. The number of carbonyl (C=O) groups excluding carboxylic acids is 1. The molecule has 0 aliphatic rings. The van der Waals surface area contributed by atoms with Crippen molar-refractivity contribution in [3.63, 3.8) is 0 Å². The van der Waals surface area contributed by atoms with Gasteiger partial charge in [0.15, 0.2) is 6.04 Å². The van der Waals surface area contributed by atoms with Gasteiger partial charge in [-0.25, -0.2) is 9.59 Å². The highest BCUT2D eigenvalue weighted by molar-refractivity contribution is 5.80. The normalized spacial score (nSPS) is 15.1. The highest BCUT2D eigenvalue weighted by atomic mass is 16.6. The van der Waals surface area contributed by atoms with Gasteiger partial charge in [-0.05, 0) is 63.5 Å². The van der Waals surface area contributed by atoms with Crippen LogP contribution in [-0.4, -0.2) is 53.2 Å². The molecule has 0 saturated carbocycles. The van der Waals surface area contributed by atoms with Crippen molar-refractivity contribution in [2.45, 2.75) is 58.3 Å². The number of benzene rings is 2. The molecule has 186 valence electrons. The van der Waals surface area contributed by atoms with Gasteiger partial charge in [-0.3, -0.25) is 0 Å². The van der Waals surface area contributed by atoms with E-state index >= 15 is 0 Å². The number of alkyl carbamates (subject to hydrolysis) is 1. The van der Waals surface area contributed by atoms with Crippen LogP contribution in [0.3, 0.4) is 0 Å². The zero-order chi connectivity index (χ0) is 25.1. The fraction of sp³-hybridized carbons (Fsp3) is 0.481. The highest BCUT2D eigenvalue weighted by Gasteiger charge is 2.29. The van der Waals surface area contributed by atoms with Gasteiger partial charge in [0.05, 0.1) is 19.3 Å². The Hall–Kier alpha value is -2.90. The predicted octanol–water partition coefficient (Wildman–Crippen LogP) is 4.08. The molecule has 0 radical (unpaired) electrons. The second-order valence-electron chi connectivity index (χ2n) is 9.62. The Morgan fingerprint density at radius 1 is 0.912 bits per heavy atom. The number of nitrogens with one attached hydrogen (secondary N) is 1. The molecule has 0 aliphatic heterocycles. The minimum Gasteiger partial charge on any atom is -0.480 e. The minimum atomic E-state index is -1.24. The molecule has 0 fully saturated rings.